The van der Waals surface area contributed by atoms with Crippen LogP contribution < -0.4 is 5.73 Å². The van der Waals surface area contributed by atoms with Gasteiger partial charge in [-0.25, -0.2) is 4.99 Å². The van der Waals surface area contributed by atoms with E-state index >= 15 is 0 Å². The van der Waals surface area contributed by atoms with Crippen molar-refractivity contribution in [3.63, 3.8) is 0 Å². The Morgan fingerprint density at radius 3 is 2.74 bits per heavy atom. The van der Waals surface area contributed by atoms with Crippen molar-refractivity contribution >= 4 is 34.8 Å². The zero-order valence-electron chi connectivity index (χ0n) is 15.2. The van der Waals surface area contributed by atoms with Gasteiger partial charge in [0.05, 0.1) is 30.7 Å². The second kappa shape index (κ2) is 9.08. The molecule has 0 radical (unpaired) electrons. The molecule has 1 aromatic carbocycles. The number of morpholine rings is 1. The maximum Gasteiger partial charge on any atom is 0.168 e. The summed E-state index contributed by atoms with van der Waals surface area (Å²) >= 11 is 0. The van der Waals surface area contributed by atoms with Gasteiger partial charge in [-0.05, 0) is 42.1 Å². The van der Waals surface area contributed by atoms with E-state index in [1.165, 1.54) is 10.9 Å². The number of aryl methyl sites for hydroxylation is 1. The third-order valence-corrected chi connectivity index (χ3v) is 4.76. The molecule has 4 rings (SSSR count). The van der Waals surface area contributed by atoms with Crippen LogP contribution in [-0.4, -0.2) is 48.2 Å². The SMILES string of the molecule is Cl.NC(=Nc1ccc2ccn(CCCN3CCOCC3)c2c1)c1ccco1. The standard InChI is InChI=1S/C20H24N4O2.ClH/c21-20(19-3-1-12-26-19)22-17-5-4-16-6-9-24(18(16)15-17)8-2-7-23-10-13-25-14-11-23;/h1,3-6,9,12,15H,2,7-8,10-11,13-14H2,(H2,21,22);1H. The molecule has 144 valence electrons. The summed E-state index contributed by atoms with van der Waals surface area (Å²) in [4.78, 5) is 6.96. The summed E-state index contributed by atoms with van der Waals surface area (Å²) in [5.74, 6) is 0.978. The van der Waals surface area contributed by atoms with Crippen molar-refractivity contribution in [1.82, 2.24) is 9.47 Å². The zero-order chi connectivity index (χ0) is 17.8. The van der Waals surface area contributed by atoms with E-state index < -0.39 is 0 Å². The van der Waals surface area contributed by atoms with Gasteiger partial charge in [-0.1, -0.05) is 6.07 Å². The van der Waals surface area contributed by atoms with Gasteiger partial charge in [0.15, 0.2) is 11.6 Å². The van der Waals surface area contributed by atoms with Gasteiger partial charge in [-0.15, -0.1) is 12.4 Å². The quantitative estimate of drug-likeness (QED) is 0.519. The molecule has 3 heterocycles. The van der Waals surface area contributed by atoms with E-state index in [1.807, 2.05) is 12.1 Å². The summed E-state index contributed by atoms with van der Waals surface area (Å²) in [6.07, 6.45) is 4.86. The Labute approximate surface area is 165 Å². The van der Waals surface area contributed by atoms with E-state index in [-0.39, 0.29) is 12.4 Å². The van der Waals surface area contributed by atoms with Crippen LogP contribution in [0, 0.1) is 0 Å². The minimum Gasteiger partial charge on any atom is -0.461 e. The van der Waals surface area contributed by atoms with Gasteiger partial charge in [0, 0.05) is 32.4 Å². The first-order valence-corrected chi connectivity index (χ1v) is 9.07. The number of fused-ring (bicyclic) bond motifs is 1. The Morgan fingerprint density at radius 1 is 1.11 bits per heavy atom. The van der Waals surface area contributed by atoms with Gasteiger partial charge >= 0.3 is 0 Å². The average molecular weight is 389 g/mol. The van der Waals surface area contributed by atoms with E-state index in [2.05, 4.69) is 38.9 Å². The fourth-order valence-corrected chi connectivity index (χ4v) is 3.34. The Hall–Kier alpha value is -2.28. The van der Waals surface area contributed by atoms with E-state index in [0.717, 1.165) is 51.5 Å². The Kier molecular flexibility index (Phi) is 6.55. The predicted molar refractivity (Wildman–Crippen MR) is 110 cm³/mol. The Morgan fingerprint density at radius 2 is 1.96 bits per heavy atom. The molecule has 0 bridgehead atoms. The molecule has 27 heavy (non-hydrogen) atoms. The maximum absolute atomic E-state index is 6.03. The van der Waals surface area contributed by atoms with Crippen LogP contribution in [0.5, 0.6) is 0 Å². The van der Waals surface area contributed by atoms with Gasteiger partial charge < -0.3 is 19.5 Å². The molecule has 0 atom stereocenters. The van der Waals surface area contributed by atoms with E-state index in [1.54, 1.807) is 12.3 Å². The summed E-state index contributed by atoms with van der Waals surface area (Å²) < 4.78 is 13.0. The summed E-state index contributed by atoms with van der Waals surface area (Å²) in [7, 11) is 0. The summed E-state index contributed by atoms with van der Waals surface area (Å²) in [6, 6.07) is 11.9. The lowest BCUT2D eigenvalue weighted by Crippen LogP contribution is -2.37. The highest BCUT2D eigenvalue weighted by atomic mass is 35.5. The lowest BCUT2D eigenvalue weighted by molar-refractivity contribution is 0.0370. The van der Waals surface area contributed by atoms with Crippen molar-refractivity contribution in [2.45, 2.75) is 13.0 Å². The molecule has 0 spiro atoms. The zero-order valence-corrected chi connectivity index (χ0v) is 16.0. The van der Waals surface area contributed by atoms with Crippen LogP contribution in [0.3, 0.4) is 0 Å². The van der Waals surface area contributed by atoms with Crippen molar-refractivity contribution in [2.24, 2.45) is 10.7 Å². The molecule has 1 aliphatic heterocycles. The number of hydrogen-bond donors (Lipinski definition) is 1. The largest absolute Gasteiger partial charge is 0.461 e. The van der Waals surface area contributed by atoms with E-state index in [9.17, 15) is 0 Å². The third kappa shape index (κ3) is 4.71. The van der Waals surface area contributed by atoms with Crippen LogP contribution in [0.4, 0.5) is 5.69 Å². The molecule has 1 fully saturated rings. The van der Waals surface area contributed by atoms with Gasteiger partial charge in [0.2, 0.25) is 0 Å². The molecule has 0 unspecified atom stereocenters. The number of ether oxygens (including phenoxy) is 1. The fraction of sp³-hybridized carbons (Fsp3) is 0.350. The molecule has 1 saturated heterocycles. The molecule has 6 nitrogen and oxygen atoms in total. The summed E-state index contributed by atoms with van der Waals surface area (Å²) in [5, 5.41) is 1.21. The maximum atomic E-state index is 6.03. The first-order chi connectivity index (χ1) is 12.8. The van der Waals surface area contributed by atoms with Crippen molar-refractivity contribution in [3.05, 3.63) is 54.6 Å². The number of rotatable bonds is 6. The lowest BCUT2D eigenvalue weighted by Gasteiger charge is -2.26. The number of nitrogens with zero attached hydrogens (tertiary/aromatic N) is 3. The summed E-state index contributed by atoms with van der Waals surface area (Å²) in [5.41, 5.74) is 8.04. The smallest absolute Gasteiger partial charge is 0.168 e. The van der Waals surface area contributed by atoms with Crippen LogP contribution in [0.15, 0.2) is 58.3 Å². The van der Waals surface area contributed by atoms with E-state index in [0.29, 0.717) is 11.6 Å². The molecular weight excluding hydrogens is 364 g/mol. The molecule has 2 N–H and O–H groups in total. The van der Waals surface area contributed by atoms with Gasteiger partial charge in [-0.2, -0.15) is 0 Å². The monoisotopic (exact) mass is 388 g/mol. The second-order valence-corrected chi connectivity index (χ2v) is 6.53. The van der Waals surface area contributed by atoms with Crippen molar-refractivity contribution in [3.8, 4) is 0 Å². The van der Waals surface area contributed by atoms with Crippen LogP contribution in [-0.2, 0) is 11.3 Å². The van der Waals surface area contributed by atoms with Crippen LogP contribution in [0.2, 0.25) is 0 Å². The normalized spacial score (nSPS) is 15.8. The number of benzene rings is 1. The minimum atomic E-state index is 0. The first kappa shape index (κ1) is 19.5. The van der Waals surface area contributed by atoms with Crippen molar-refractivity contribution < 1.29 is 9.15 Å². The molecule has 2 aromatic heterocycles. The molecule has 3 aromatic rings. The number of furan rings is 1. The van der Waals surface area contributed by atoms with Crippen LogP contribution in [0.25, 0.3) is 10.9 Å². The Balaban J connectivity index is 0.00000210. The minimum absolute atomic E-state index is 0. The number of hydrogen-bond acceptors (Lipinski definition) is 4. The highest BCUT2D eigenvalue weighted by Gasteiger charge is 2.10. The number of amidine groups is 1. The highest BCUT2D eigenvalue weighted by Crippen LogP contribution is 2.23. The van der Waals surface area contributed by atoms with Gasteiger partial charge in [0.25, 0.3) is 0 Å². The van der Waals surface area contributed by atoms with Crippen LogP contribution >= 0.6 is 12.4 Å². The molecule has 1 aliphatic rings. The van der Waals surface area contributed by atoms with E-state index in [4.69, 9.17) is 14.9 Å². The van der Waals surface area contributed by atoms with Crippen molar-refractivity contribution in [2.75, 3.05) is 32.8 Å². The highest BCUT2D eigenvalue weighted by molar-refractivity contribution is 5.97. The Bertz CT molecular complexity index is 883. The second-order valence-electron chi connectivity index (χ2n) is 6.53. The average Bonchev–Trinajstić information content (AvgIpc) is 3.33. The molecule has 0 saturated carbocycles. The third-order valence-electron chi connectivity index (χ3n) is 4.76. The fourth-order valence-electron chi connectivity index (χ4n) is 3.34. The van der Waals surface area contributed by atoms with Crippen molar-refractivity contribution in [1.29, 1.82) is 0 Å². The topological polar surface area (TPSA) is 68.9 Å². The molecule has 0 amide bonds. The summed E-state index contributed by atoms with van der Waals surface area (Å²) in [6.45, 7) is 5.87. The molecular formula is C20H25ClN4O2. The molecule has 7 heteroatoms. The number of nitrogens with two attached hydrogens (primary N) is 1. The lowest BCUT2D eigenvalue weighted by atomic mass is 10.2. The number of halogens is 1. The van der Waals surface area contributed by atoms with Gasteiger partial charge in [-0.3, -0.25) is 4.90 Å². The molecule has 0 aliphatic carbocycles. The first-order valence-electron chi connectivity index (χ1n) is 9.07. The predicted octanol–water partition coefficient (Wildman–Crippen LogP) is 3.42. The number of aromatic nitrogens is 1. The number of aliphatic imine (C=N–C) groups is 1. The van der Waals surface area contributed by atoms with Gasteiger partial charge in [0.1, 0.15) is 0 Å². The van der Waals surface area contributed by atoms with Crippen LogP contribution in [0.1, 0.15) is 12.2 Å².